The Morgan fingerprint density at radius 3 is 2.32 bits per heavy atom. The van der Waals surface area contributed by atoms with Gasteiger partial charge >= 0.3 is 6.09 Å². The van der Waals surface area contributed by atoms with Gasteiger partial charge in [-0.05, 0) is 49.2 Å². The molecule has 4 heteroatoms. The van der Waals surface area contributed by atoms with Gasteiger partial charge in [-0.15, -0.1) is 0 Å². The van der Waals surface area contributed by atoms with E-state index in [0.717, 1.165) is 22.5 Å². The van der Waals surface area contributed by atoms with E-state index in [-0.39, 0.29) is 6.10 Å². The number of rotatable bonds is 4. The predicted molar refractivity (Wildman–Crippen MR) is 91.4 cm³/mol. The first-order valence-electron chi connectivity index (χ1n) is 7.31. The lowest BCUT2D eigenvalue weighted by molar-refractivity contribution is 0.130. The lowest BCUT2D eigenvalue weighted by Gasteiger charge is -2.13. The Labute approximate surface area is 131 Å². The number of hydrogen-bond donors (Lipinski definition) is 1. The average molecular weight is 298 g/mol. The average Bonchev–Trinajstić information content (AvgIpc) is 2.46. The number of ether oxygens (including phenoxy) is 1. The van der Waals surface area contributed by atoms with Crippen LogP contribution in [0.5, 0.6) is 0 Å². The zero-order chi connectivity index (χ0) is 16.1. The summed E-state index contributed by atoms with van der Waals surface area (Å²) in [5.41, 5.74) is 4.03. The van der Waals surface area contributed by atoms with Gasteiger partial charge in [0, 0.05) is 25.5 Å². The van der Waals surface area contributed by atoms with Gasteiger partial charge in [0.15, 0.2) is 0 Å². The molecule has 0 saturated carbocycles. The Morgan fingerprint density at radius 1 is 1.05 bits per heavy atom. The molecule has 0 fully saturated rings. The largest absolute Gasteiger partial charge is 0.447 e. The first-order chi connectivity index (χ1) is 10.5. The van der Waals surface area contributed by atoms with E-state index in [0.29, 0.717) is 0 Å². The fourth-order valence-corrected chi connectivity index (χ4v) is 2.09. The van der Waals surface area contributed by atoms with E-state index >= 15 is 0 Å². The Bertz CT molecular complexity index is 634. The zero-order valence-electron chi connectivity index (χ0n) is 13.5. The van der Waals surface area contributed by atoms with Crippen LogP contribution >= 0.6 is 0 Å². The predicted octanol–water partition coefficient (Wildman–Crippen LogP) is 4.38. The lowest BCUT2D eigenvalue weighted by Crippen LogP contribution is -2.17. The molecule has 0 aliphatic rings. The van der Waals surface area contributed by atoms with E-state index in [1.54, 1.807) is 0 Å². The summed E-state index contributed by atoms with van der Waals surface area (Å²) < 4.78 is 5.09. The molecule has 0 saturated heterocycles. The van der Waals surface area contributed by atoms with Crippen LogP contribution in [0.25, 0.3) is 11.1 Å². The number of hydrogen-bond acceptors (Lipinski definition) is 3. The highest BCUT2D eigenvalue weighted by Gasteiger charge is 2.06. The number of nitrogens with one attached hydrogen (secondary N) is 1. The van der Waals surface area contributed by atoms with Crippen LogP contribution in [0, 0.1) is 0 Å². The van der Waals surface area contributed by atoms with Gasteiger partial charge < -0.3 is 9.64 Å². The molecule has 0 aromatic heterocycles. The molecule has 0 aliphatic heterocycles. The zero-order valence-corrected chi connectivity index (χ0v) is 13.5. The van der Waals surface area contributed by atoms with Crippen molar-refractivity contribution in [2.45, 2.75) is 20.0 Å². The van der Waals surface area contributed by atoms with E-state index in [9.17, 15) is 4.79 Å². The van der Waals surface area contributed by atoms with Gasteiger partial charge in [-0.3, -0.25) is 5.32 Å². The molecule has 1 amide bonds. The van der Waals surface area contributed by atoms with Crippen molar-refractivity contribution in [2.24, 2.45) is 0 Å². The van der Waals surface area contributed by atoms with Crippen LogP contribution in [0.2, 0.25) is 0 Å². The van der Waals surface area contributed by atoms with E-state index < -0.39 is 6.09 Å². The van der Waals surface area contributed by atoms with Crippen LogP contribution in [0.3, 0.4) is 0 Å². The monoisotopic (exact) mass is 298 g/mol. The van der Waals surface area contributed by atoms with Crippen molar-refractivity contribution in [3.05, 3.63) is 48.5 Å². The topological polar surface area (TPSA) is 41.6 Å². The fraction of sp³-hybridized carbons (Fsp3) is 0.278. The molecule has 0 radical (unpaired) electrons. The SMILES string of the molecule is CC(C)OC(=O)Nc1cccc(-c2ccc(N(C)C)cc2)c1. The van der Waals surface area contributed by atoms with Crippen molar-refractivity contribution < 1.29 is 9.53 Å². The Hall–Kier alpha value is -2.49. The first-order valence-corrected chi connectivity index (χ1v) is 7.31. The highest BCUT2D eigenvalue weighted by atomic mass is 16.6. The third-order valence-corrected chi connectivity index (χ3v) is 3.17. The lowest BCUT2D eigenvalue weighted by atomic mass is 10.0. The second kappa shape index (κ2) is 6.98. The van der Waals surface area contributed by atoms with Crippen molar-refractivity contribution in [3.63, 3.8) is 0 Å². The fourth-order valence-electron chi connectivity index (χ4n) is 2.09. The molecule has 0 atom stereocenters. The molecule has 0 heterocycles. The minimum atomic E-state index is -0.435. The third kappa shape index (κ3) is 4.25. The standard InChI is InChI=1S/C18H22N2O2/c1-13(2)22-18(21)19-16-7-5-6-15(12-16)14-8-10-17(11-9-14)20(3)4/h5-13H,1-4H3,(H,19,21). The van der Waals surface area contributed by atoms with Gasteiger partial charge in [-0.2, -0.15) is 0 Å². The summed E-state index contributed by atoms with van der Waals surface area (Å²) in [6.07, 6.45) is -0.572. The summed E-state index contributed by atoms with van der Waals surface area (Å²) >= 11 is 0. The van der Waals surface area contributed by atoms with Crippen molar-refractivity contribution in [1.29, 1.82) is 0 Å². The maximum absolute atomic E-state index is 11.7. The summed E-state index contributed by atoms with van der Waals surface area (Å²) in [7, 11) is 4.03. The summed E-state index contributed by atoms with van der Waals surface area (Å²) in [5, 5.41) is 2.74. The van der Waals surface area contributed by atoms with Crippen LogP contribution in [0.1, 0.15) is 13.8 Å². The highest BCUT2D eigenvalue weighted by molar-refractivity contribution is 5.86. The van der Waals surface area contributed by atoms with E-state index in [1.165, 1.54) is 0 Å². The highest BCUT2D eigenvalue weighted by Crippen LogP contribution is 2.25. The van der Waals surface area contributed by atoms with Gasteiger partial charge in [0.05, 0.1) is 6.10 Å². The smallest absolute Gasteiger partial charge is 0.411 e. The van der Waals surface area contributed by atoms with Crippen LogP contribution in [0.15, 0.2) is 48.5 Å². The first kappa shape index (κ1) is 15.9. The molecule has 22 heavy (non-hydrogen) atoms. The molecule has 116 valence electrons. The van der Waals surface area contributed by atoms with Crippen molar-refractivity contribution >= 4 is 17.5 Å². The van der Waals surface area contributed by atoms with E-state index in [4.69, 9.17) is 4.74 Å². The molecule has 0 spiro atoms. The molecule has 2 aromatic carbocycles. The van der Waals surface area contributed by atoms with E-state index in [1.807, 2.05) is 52.2 Å². The molecular weight excluding hydrogens is 276 g/mol. The summed E-state index contributed by atoms with van der Waals surface area (Å²) in [5.74, 6) is 0. The number of carbonyl (C=O) groups is 1. The van der Waals surface area contributed by atoms with Gasteiger partial charge in [0.1, 0.15) is 0 Å². The maximum atomic E-state index is 11.7. The quantitative estimate of drug-likeness (QED) is 0.911. The van der Waals surface area contributed by atoms with Gasteiger partial charge in [-0.25, -0.2) is 4.79 Å². The normalized spacial score (nSPS) is 10.4. The van der Waals surface area contributed by atoms with Crippen LogP contribution in [0.4, 0.5) is 16.2 Å². The van der Waals surface area contributed by atoms with Crippen molar-refractivity contribution in [2.75, 3.05) is 24.3 Å². The molecule has 4 nitrogen and oxygen atoms in total. The Balaban J connectivity index is 2.15. The molecule has 2 aromatic rings. The van der Waals surface area contributed by atoms with Gasteiger partial charge in [-0.1, -0.05) is 24.3 Å². The molecule has 2 rings (SSSR count). The van der Waals surface area contributed by atoms with E-state index in [2.05, 4.69) is 34.5 Å². The second-order valence-corrected chi connectivity index (χ2v) is 5.60. The summed E-state index contributed by atoms with van der Waals surface area (Å²) in [6.45, 7) is 3.64. The maximum Gasteiger partial charge on any atom is 0.411 e. The van der Waals surface area contributed by atoms with Gasteiger partial charge in [0.25, 0.3) is 0 Å². The third-order valence-electron chi connectivity index (χ3n) is 3.17. The molecule has 0 bridgehead atoms. The molecule has 0 aliphatic carbocycles. The Kier molecular flexibility index (Phi) is 5.04. The summed E-state index contributed by atoms with van der Waals surface area (Å²) in [4.78, 5) is 13.7. The molecule has 1 N–H and O–H groups in total. The number of benzene rings is 2. The number of anilines is 2. The summed E-state index contributed by atoms with van der Waals surface area (Å²) in [6, 6.07) is 16.0. The van der Waals surface area contributed by atoms with Crippen molar-refractivity contribution in [3.8, 4) is 11.1 Å². The Morgan fingerprint density at radius 2 is 1.73 bits per heavy atom. The van der Waals surface area contributed by atoms with Crippen LogP contribution in [-0.2, 0) is 4.74 Å². The number of amides is 1. The van der Waals surface area contributed by atoms with Gasteiger partial charge in [0.2, 0.25) is 0 Å². The minimum Gasteiger partial charge on any atom is -0.447 e. The van der Waals surface area contributed by atoms with Crippen LogP contribution < -0.4 is 10.2 Å². The molecule has 0 unspecified atom stereocenters. The number of carbonyl (C=O) groups excluding carboxylic acids is 1. The van der Waals surface area contributed by atoms with Crippen molar-refractivity contribution in [1.82, 2.24) is 0 Å². The second-order valence-electron chi connectivity index (χ2n) is 5.60. The molecular formula is C18H22N2O2. The van der Waals surface area contributed by atoms with Crippen LogP contribution in [-0.4, -0.2) is 26.3 Å². The minimum absolute atomic E-state index is 0.137. The number of nitrogens with zero attached hydrogens (tertiary/aromatic N) is 1.